The van der Waals surface area contributed by atoms with Crippen molar-refractivity contribution >= 4 is 11.5 Å². The summed E-state index contributed by atoms with van der Waals surface area (Å²) in [6, 6.07) is 1.42. The van der Waals surface area contributed by atoms with Crippen LogP contribution in [0.2, 0.25) is 0 Å². The van der Waals surface area contributed by atoms with Crippen molar-refractivity contribution in [1.29, 1.82) is 0 Å². The van der Waals surface area contributed by atoms with E-state index in [0.717, 1.165) is 0 Å². The molecular weight excluding hydrogens is 198 g/mol. The maximum atomic E-state index is 10.8. The van der Waals surface area contributed by atoms with Crippen molar-refractivity contribution in [2.45, 2.75) is 0 Å². The van der Waals surface area contributed by atoms with Crippen LogP contribution in [-0.4, -0.2) is 23.6 Å². The zero-order chi connectivity index (χ0) is 11.3. The highest BCUT2D eigenvalue weighted by molar-refractivity contribution is 5.63. The third kappa shape index (κ3) is 2.34. The number of terminal acetylenes is 1. The van der Waals surface area contributed by atoms with Crippen LogP contribution < -0.4 is 10.1 Å². The molecule has 1 heterocycles. The third-order valence-corrected chi connectivity index (χ3v) is 1.65. The molecule has 78 valence electrons. The number of pyridine rings is 1. The molecule has 0 amide bonds. The Hall–Kier alpha value is -2.29. The largest absolute Gasteiger partial charge is 0.490 e. The molecule has 0 spiro atoms. The van der Waals surface area contributed by atoms with Crippen LogP contribution in [0.25, 0.3) is 0 Å². The number of ether oxygens (including phenoxy) is 1. The quantitative estimate of drug-likeness (QED) is 0.453. The second-order valence-electron chi connectivity index (χ2n) is 2.53. The number of rotatable bonds is 4. The Kier molecular flexibility index (Phi) is 3.46. The Morgan fingerprint density at radius 3 is 3.07 bits per heavy atom. The summed E-state index contributed by atoms with van der Waals surface area (Å²) in [5.41, 5.74) is -0.213. The Labute approximate surface area is 86.4 Å². The lowest BCUT2D eigenvalue weighted by atomic mass is 10.3. The van der Waals surface area contributed by atoms with Gasteiger partial charge in [0.1, 0.15) is 0 Å². The van der Waals surface area contributed by atoms with Gasteiger partial charge in [-0.05, 0) is 0 Å². The van der Waals surface area contributed by atoms with Gasteiger partial charge >= 0.3 is 5.69 Å². The second kappa shape index (κ2) is 4.81. The smallest absolute Gasteiger partial charge is 0.352 e. The van der Waals surface area contributed by atoms with Gasteiger partial charge in [0.05, 0.1) is 18.6 Å². The van der Waals surface area contributed by atoms with Crippen LogP contribution in [0.5, 0.6) is 5.75 Å². The third-order valence-electron chi connectivity index (χ3n) is 1.65. The summed E-state index contributed by atoms with van der Waals surface area (Å²) in [7, 11) is 1.35. The number of methoxy groups -OCH3 is 1. The number of nitro groups is 1. The summed E-state index contributed by atoms with van der Waals surface area (Å²) in [6.07, 6.45) is 6.44. The maximum Gasteiger partial charge on any atom is 0.352 e. The molecule has 0 fully saturated rings. The van der Waals surface area contributed by atoms with E-state index >= 15 is 0 Å². The minimum Gasteiger partial charge on any atom is -0.490 e. The molecule has 0 radical (unpaired) electrons. The Bertz CT molecular complexity index is 412. The molecule has 0 aliphatic carbocycles. The van der Waals surface area contributed by atoms with Gasteiger partial charge in [-0.15, -0.1) is 6.42 Å². The molecule has 0 aromatic carbocycles. The summed E-state index contributed by atoms with van der Waals surface area (Å²) >= 11 is 0. The number of nitrogens with one attached hydrogen (secondary N) is 1. The lowest BCUT2D eigenvalue weighted by molar-refractivity contribution is -0.385. The Morgan fingerprint density at radius 1 is 1.80 bits per heavy atom. The molecule has 0 bridgehead atoms. The number of hydrogen-bond acceptors (Lipinski definition) is 5. The summed E-state index contributed by atoms with van der Waals surface area (Å²) in [6.45, 7) is 0.168. The highest BCUT2D eigenvalue weighted by Crippen LogP contribution is 2.32. The van der Waals surface area contributed by atoms with Crippen LogP contribution in [-0.2, 0) is 0 Å². The highest BCUT2D eigenvalue weighted by Gasteiger charge is 2.21. The van der Waals surface area contributed by atoms with Gasteiger partial charge in [0.2, 0.25) is 11.6 Å². The van der Waals surface area contributed by atoms with Crippen molar-refractivity contribution in [3.05, 3.63) is 22.4 Å². The SMILES string of the molecule is C#CCNc1nccc(OC)c1[N+](=O)[O-]. The standard InChI is InChI=1S/C9H9N3O3/c1-3-5-10-9-8(12(13)14)7(15-2)4-6-11-9/h1,4,6H,5H2,2H3,(H,10,11). The van der Waals surface area contributed by atoms with E-state index in [0.29, 0.717) is 0 Å². The lowest BCUT2D eigenvalue weighted by Crippen LogP contribution is -2.05. The van der Waals surface area contributed by atoms with Crippen LogP contribution in [0.4, 0.5) is 11.5 Å². The maximum absolute atomic E-state index is 10.8. The number of nitrogens with zero attached hydrogens (tertiary/aromatic N) is 2. The van der Waals surface area contributed by atoms with E-state index in [-0.39, 0.29) is 23.8 Å². The second-order valence-corrected chi connectivity index (χ2v) is 2.53. The zero-order valence-electron chi connectivity index (χ0n) is 8.06. The number of anilines is 1. The van der Waals surface area contributed by atoms with Gasteiger partial charge in [0, 0.05) is 12.3 Å². The molecule has 1 aromatic heterocycles. The zero-order valence-corrected chi connectivity index (χ0v) is 8.06. The fourth-order valence-corrected chi connectivity index (χ4v) is 1.04. The van der Waals surface area contributed by atoms with Crippen molar-refractivity contribution in [1.82, 2.24) is 4.98 Å². The van der Waals surface area contributed by atoms with Crippen molar-refractivity contribution in [3.8, 4) is 18.1 Å². The van der Waals surface area contributed by atoms with Crippen LogP contribution in [0, 0.1) is 22.5 Å². The van der Waals surface area contributed by atoms with E-state index in [4.69, 9.17) is 11.2 Å². The molecule has 0 saturated carbocycles. The predicted octanol–water partition coefficient (Wildman–Crippen LogP) is 1.04. The minimum absolute atomic E-state index is 0.109. The summed E-state index contributed by atoms with van der Waals surface area (Å²) in [5.74, 6) is 2.56. The molecular formula is C9H9N3O3. The molecule has 0 unspecified atom stereocenters. The van der Waals surface area contributed by atoms with Crippen molar-refractivity contribution in [2.75, 3.05) is 19.0 Å². The molecule has 0 atom stereocenters. The molecule has 6 heteroatoms. The lowest BCUT2D eigenvalue weighted by Gasteiger charge is -2.05. The first-order valence-electron chi connectivity index (χ1n) is 4.05. The van der Waals surface area contributed by atoms with Gasteiger partial charge < -0.3 is 10.1 Å². The van der Waals surface area contributed by atoms with Gasteiger partial charge in [-0.25, -0.2) is 4.98 Å². The van der Waals surface area contributed by atoms with E-state index in [1.54, 1.807) is 0 Å². The molecule has 1 rings (SSSR count). The number of aromatic nitrogens is 1. The van der Waals surface area contributed by atoms with Gasteiger partial charge in [-0.2, -0.15) is 0 Å². The van der Waals surface area contributed by atoms with Gasteiger partial charge in [0.15, 0.2) is 0 Å². The molecule has 6 nitrogen and oxygen atoms in total. The summed E-state index contributed by atoms with van der Waals surface area (Å²) in [5, 5.41) is 13.4. The van der Waals surface area contributed by atoms with Crippen molar-refractivity contribution in [2.24, 2.45) is 0 Å². The predicted molar refractivity (Wildman–Crippen MR) is 54.8 cm³/mol. The van der Waals surface area contributed by atoms with Gasteiger partial charge in [0.25, 0.3) is 0 Å². The molecule has 1 N–H and O–H groups in total. The van der Waals surface area contributed by atoms with Crippen molar-refractivity contribution in [3.63, 3.8) is 0 Å². The topological polar surface area (TPSA) is 77.3 Å². The van der Waals surface area contributed by atoms with E-state index in [1.165, 1.54) is 19.4 Å². The van der Waals surface area contributed by atoms with Crippen LogP contribution >= 0.6 is 0 Å². The molecule has 0 saturated heterocycles. The molecule has 0 aliphatic heterocycles. The van der Waals surface area contributed by atoms with E-state index in [9.17, 15) is 10.1 Å². The first-order chi connectivity index (χ1) is 7.20. The molecule has 0 aliphatic rings. The fourth-order valence-electron chi connectivity index (χ4n) is 1.04. The summed E-state index contributed by atoms with van der Waals surface area (Å²) in [4.78, 5) is 14.0. The van der Waals surface area contributed by atoms with Gasteiger partial charge in [-0.1, -0.05) is 5.92 Å². The first-order valence-corrected chi connectivity index (χ1v) is 4.05. The average Bonchev–Trinajstić information content (AvgIpc) is 2.25. The Morgan fingerprint density at radius 2 is 2.53 bits per heavy atom. The van der Waals surface area contributed by atoms with Crippen LogP contribution in [0.15, 0.2) is 12.3 Å². The minimum atomic E-state index is -0.565. The number of hydrogen-bond donors (Lipinski definition) is 1. The van der Waals surface area contributed by atoms with E-state index in [2.05, 4.69) is 16.2 Å². The van der Waals surface area contributed by atoms with E-state index in [1.807, 2.05) is 0 Å². The molecule has 1 aromatic rings. The average molecular weight is 207 g/mol. The Balaban J connectivity index is 3.14. The van der Waals surface area contributed by atoms with Crippen LogP contribution in [0.3, 0.4) is 0 Å². The molecule has 15 heavy (non-hydrogen) atoms. The van der Waals surface area contributed by atoms with Crippen LogP contribution in [0.1, 0.15) is 0 Å². The summed E-state index contributed by atoms with van der Waals surface area (Å²) < 4.78 is 4.85. The first kappa shape index (κ1) is 10.8. The van der Waals surface area contributed by atoms with Crippen molar-refractivity contribution < 1.29 is 9.66 Å². The normalized spacial score (nSPS) is 9.07. The van der Waals surface area contributed by atoms with E-state index < -0.39 is 4.92 Å². The fraction of sp³-hybridized carbons (Fsp3) is 0.222. The highest BCUT2D eigenvalue weighted by atomic mass is 16.6. The monoisotopic (exact) mass is 207 g/mol. The van der Waals surface area contributed by atoms with Gasteiger partial charge in [-0.3, -0.25) is 10.1 Å².